The number of aromatic nitrogens is 1. The highest BCUT2D eigenvalue weighted by molar-refractivity contribution is 7.89. The second-order valence-corrected chi connectivity index (χ2v) is 7.92. The van der Waals surface area contributed by atoms with E-state index in [-0.39, 0.29) is 6.54 Å². The third kappa shape index (κ3) is 4.12. The number of sulfonamides is 1. The van der Waals surface area contributed by atoms with Gasteiger partial charge < -0.3 is 0 Å². The number of alkyl halides is 3. The Balaban J connectivity index is 1.84. The van der Waals surface area contributed by atoms with Crippen molar-refractivity contribution in [2.75, 3.05) is 0 Å². The smallest absolute Gasteiger partial charge is 0.256 e. The van der Waals surface area contributed by atoms with Crippen LogP contribution in [0.2, 0.25) is 0 Å². The largest absolute Gasteiger partial charge is 0.416 e. The van der Waals surface area contributed by atoms with Crippen molar-refractivity contribution >= 4 is 21.4 Å². The first-order chi connectivity index (χ1) is 12.3. The number of hydrogen-bond donors (Lipinski definition) is 1. The van der Waals surface area contributed by atoms with Crippen LogP contribution in [-0.2, 0) is 22.7 Å². The first-order valence-corrected chi connectivity index (χ1v) is 9.83. The molecule has 2 heterocycles. The molecule has 0 radical (unpaired) electrons. The molecule has 0 spiro atoms. The summed E-state index contributed by atoms with van der Waals surface area (Å²) >= 11 is 1.48. The molecule has 0 aliphatic rings. The third-order valence-corrected chi connectivity index (χ3v) is 5.69. The molecule has 1 N–H and O–H groups in total. The van der Waals surface area contributed by atoms with Crippen molar-refractivity contribution < 1.29 is 21.6 Å². The molecule has 4 nitrogen and oxygen atoms in total. The highest BCUT2D eigenvalue weighted by Crippen LogP contribution is 2.30. The molecule has 0 fully saturated rings. The average molecular weight is 398 g/mol. The Morgan fingerprint density at radius 1 is 1.12 bits per heavy atom. The van der Waals surface area contributed by atoms with E-state index in [0.29, 0.717) is 17.3 Å². The molecule has 9 heteroatoms. The number of thiophene rings is 1. The van der Waals surface area contributed by atoms with Crippen molar-refractivity contribution in [1.29, 1.82) is 0 Å². The van der Waals surface area contributed by atoms with Crippen LogP contribution in [0.1, 0.15) is 11.1 Å². The monoisotopic (exact) mass is 398 g/mol. The molecule has 0 unspecified atom stereocenters. The van der Waals surface area contributed by atoms with Gasteiger partial charge in [0.05, 0.1) is 16.2 Å². The van der Waals surface area contributed by atoms with Crippen LogP contribution in [-0.4, -0.2) is 13.4 Å². The summed E-state index contributed by atoms with van der Waals surface area (Å²) in [6.07, 6.45) is -3.02. The van der Waals surface area contributed by atoms with E-state index < -0.39 is 26.7 Å². The summed E-state index contributed by atoms with van der Waals surface area (Å²) in [5, 5.41) is 3.76. The molecule has 3 aromatic rings. The van der Waals surface area contributed by atoms with E-state index in [2.05, 4.69) is 9.71 Å². The molecule has 0 saturated carbocycles. The van der Waals surface area contributed by atoms with Crippen molar-refractivity contribution in [2.24, 2.45) is 0 Å². The molecule has 0 aliphatic heterocycles. The van der Waals surface area contributed by atoms with E-state index >= 15 is 0 Å². The van der Waals surface area contributed by atoms with Crippen molar-refractivity contribution in [3.63, 3.8) is 0 Å². The van der Waals surface area contributed by atoms with Crippen molar-refractivity contribution in [3.05, 3.63) is 70.5 Å². The summed E-state index contributed by atoms with van der Waals surface area (Å²) < 4.78 is 65.5. The van der Waals surface area contributed by atoms with Gasteiger partial charge in [-0.05, 0) is 41.3 Å². The van der Waals surface area contributed by atoms with E-state index in [9.17, 15) is 21.6 Å². The van der Waals surface area contributed by atoms with Gasteiger partial charge >= 0.3 is 6.18 Å². The minimum Gasteiger partial charge on any atom is -0.256 e. The zero-order valence-corrected chi connectivity index (χ0v) is 14.8. The maximum Gasteiger partial charge on any atom is 0.416 e. The molecular formula is C17H13F3N2O2S2. The van der Waals surface area contributed by atoms with Crippen molar-refractivity contribution in [2.45, 2.75) is 17.6 Å². The standard InChI is InChI=1S/C17H13F3N2O2S2/c18-17(19,20)14-4-1-5-15(9-14)26(23,24)22-10-12-3-2-7-21-16(12)13-6-8-25-11-13/h1-9,11,22H,10H2. The Morgan fingerprint density at radius 2 is 1.92 bits per heavy atom. The van der Waals surface area contributed by atoms with Crippen LogP contribution >= 0.6 is 11.3 Å². The topological polar surface area (TPSA) is 59.1 Å². The minimum absolute atomic E-state index is 0.0857. The number of nitrogens with one attached hydrogen (secondary N) is 1. The summed E-state index contributed by atoms with van der Waals surface area (Å²) in [4.78, 5) is 3.83. The number of pyridine rings is 1. The molecule has 26 heavy (non-hydrogen) atoms. The highest BCUT2D eigenvalue weighted by Gasteiger charge is 2.31. The lowest BCUT2D eigenvalue weighted by atomic mass is 10.1. The molecule has 3 rings (SSSR count). The molecule has 0 atom stereocenters. The molecule has 0 amide bonds. The van der Waals surface area contributed by atoms with Crippen LogP contribution in [0.5, 0.6) is 0 Å². The van der Waals surface area contributed by atoms with Crippen LogP contribution in [0.15, 0.2) is 64.3 Å². The van der Waals surface area contributed by atoms with Crippen LogP contribution < -0.4 is 4.72 Å². The predicted molar refractivity (Wildman–Crippen MR) is 93.0 cm³/mol. The van der Waals surface area contributed by atoms with Gasteiger partial charge in [-0.25, -0.2) is 13.1 Å². The summed E-state index contributed by atoms with van der Waals surface area (Å²) in [5.41, 5.74) is 1.09. The van der Waals surface area contributed by atoms with E-state index in [0.717, 1.165) is 23.8 Å². The second-order valence-electron chi connectivity index (χ2n) is 5.37. The van der Waals surface area contributed by atoms with Crippen LogP contribution in [0, 0.1) is 0 Å². The summed E-state index contributed by atoms with van der Waals surface area (Å²) in [7, 11) is -4.10. The fraction of sp³-hybridized carbons (Fsp3) is 0.118. The molecule has 136 valence electrons. The molecule has 2 aromatic heterocycles. The van der Waals surface area contributed by atoms with Gasteiger partial charge in [-0.2, -0.15) is 24.5 Å². The van der Waals surface area contributed by atoms with Gasteiger partial charge in [0, 0.05) is 23.7 Å². The highest BCUT2D eigenvalue weighted by atomic mass is 32.2. The maximum absolute atomic E-state index is 12.8. The fourth-order valence-corrected chi connectivity index (χ4v) is 4.03. The Morgan fingerprint density at radius 3 is 2.62 bits per heavy atom. The second kappa shape index (κ2) is 7.18. The normalized spacial score (nSPS) is 12.3. The minimum atomic E-state index is -4.61. The first-order valence-electron chi connectivity index (χ1n) is 7.41. The Hall–Kier alpha value is -2.23. The number of nitrogens with zero attached hydrogens (tertiary/aromatic N) is 1. The number of benzene rings is 1. The van der Waals surface area contributed by atoms with Crippen molar-refractivity contribution in [3.8, 4) is 11.3 Å². The van der Waals surface area contributed by atoms with Gasteiger partial charge in [-0.1, -0.05) is 12.1 Å². The number of halogens is 3. The summed E-state index contributed by atoms with van der Waals surface area (Å²) in [5.74, 6) is 0. The quantitative estimate of drug-likeness (QED) is 0.697. The number of rotatable bonds is 5. The Labute approximate surface area is 152 Å². The van der Waals surface area contributed by atoms with E-state index in [1.54, 1.807) is 18.3 Å². The zero-order valence-electron chi connectivity index (χ0n) is 13.2. The van der Waals surface area contributed by atoms with E-state index in [4.69, 9.17) is 0 Å². The SMILES string of the molecule is O=S(=O)(NCc1cccnc1-c1ccsc1)c1cccc(C(F)(F)F)c1. The lowest BCUT2D eigenvalue weighted by Crippen LogP contribution is -2.24. The third-order valence-electron chi connectivity index (χ3n) is 3.61. The van der Waals surface area contributed by atoms with Crippen LogP contribution in [0.25, 0.3) is 11.3 Å². The molecule has 0 aliphatic carbocycles. The van der Waals surface area contributed by atoms with Crippen LogP contribution in [0.3, 0.4) is 0 Å². The Kier molecular flexibility index (Phi) is 5.12. The van der Waals surface area contributed by atoms with Crippen molar-refractivity contribution in [1.82, 2.24) is 9.71 Å². The molecule has 0 bridgehead atoms. The van der Waals surface area contributed by atoms with Gasteiger partial charge in [0.1, 0.15) is 0 Å². The molecule has 1 aromatic carbocycles. The van der Waals surface area contributed by atoms with Gasteiger partial charge in [0.25, 0.3) is 0 Å². The van der Waals surface area contributed by atoms with Gasteiger partial charge in [0.2, 0.25) is 10.0 Å². The molecule has 0 saturated heterocycles. The van der Waals surface area contributed by atoms with Gasteiger partial charge in [0.15, 0.2) is 0 Å². The summed E-state index contributed by atoms with van der Waals surface area (Å²) in [6, 6.07) is 8.88. The fourth-order valence-electron chi connectivity index (χ4n) is 2.34. The van der Waals surface area contributed by atoms with Gasteiger partial charge in [-0.3, -0.25) is 4.98 Å². The van der Waals surface area contributed by atoms with E-state index in [1.807, 2.05) is 16.8 Å². The lowest BCUT2D eigenvalue weighted by Gasteiger charge is -2.11. The summed E-state index contributed by atoms with van der Waals surface area (Å²) in [6.45, 7) is -0.0857. The predicted octanol–water partition coefficient (Wildman–Crippen LogP) is 4.31. The van der Waals surface area contributed by atoms with E-state index in [1.165, 1.54) is 11.3 Å². The average Bonchev–Trinajstić information content (AvgIpc) is 3.14. The molecular weight excluding hydrogens is 385 g/mol. The zero-order chi connectivity index (χ0) is 18.8. The lowest BCUT2D eigenvalue weighted by molar-refractivity contribution is -0.137. The van der Waals surface area contributed by atoms with Crippen LogP contribution in [0.4, 0.5) is 13.2 Å². The Bertz CT molecular complexity index is 1000. The van der Waals surface area contributed by atoms with Gasteiger partial charge in [-0.15, -0.1) is 0 Å². The maximum atomic E-state index is 12.8. The first kappa shape index (κ1) is 18.6. The number of hydrogen-bond acceptors (Lipinski definition) is 4.